The zero-order valence-corrected chi connectivity index (χ0v) is 21.7. The van der Waals surface area contributed by atoms with E-state index in [1.165, 1.54) is 5.56 Å². The summed E-state index contributed by atoms with van der Waals surface area (Å²) in [5, 5.41) is 12.6. The van der Waals surface area contributed by atoms with E-state index in [9.17, 15) is 4.79 Å². The van der Waals surface area contributed by atoms with Gasteiger partial charge in [0.25, 0.3) is 0 Å². The zero-order valence-electron chi connectivity index (χ0n) is 21.7. The number of rotatable bonds is 8. The summed E-state index contributed by atoms with van der Waals surface area (Å²) in [6.07, 6.45) is 7.44. The normalized spacial score (nSPS) is 14.5. The van der Waals surface area contributed by atoms with Gasteiger partial charge >= 0.3 is 0 Å². The van der Waals surface area contributed by atoms with Crippen LogP contribution in [0.15, 0.2) is 79.3 Å². The SMILES string of the molecule is COc1cc(C2CCN(CC(N)=O)CC2)ccc1Nc1ncc2ccc(-c3ccccc3-n3cccn3)n2n1. The summed E-state index contributed by atoms with van der Waals surface area (Å²) in [4.78, 5) is 17.9. The molecule has 3 aromatic heterocycles. The maximum atomic E-state index is 11.2. The van der Waals surface area contributed by atoms with Crippen molar-refractivity contribution in [3.8, 4) is 22.7 Å². The number of nitrogens with two attached hydrogens (primary N) is 1. The molecule has 1 aliphatic rings. The lowest BCUT2D eigenvalue weighted by Crippen LogP contribution is -2.39. The van der Waals surface area contributed by atoms with Crippen LogP contribution >= 0.6 is 0 Å². The lowest BCUT2D eigenvalue weighted by molar-refractivity contribution is -0.119. The molecule has 0 atom stereocenters. The Morgan fingerprint density at radius 1 is 1.10 bits per heavy atom. The van der Waals surface area contributed by atoms with Gasteiger partial charge in [-0.1, -0.05) is 24.3 Å². The third-order valence-electron chi connectivity index (χ3n) is 7.24. The minimum Gasteiger partial charge on any atom is -0.495 e. The summed E-state index contributed by atoms with van der Waals surface area (Å²) in [6.45, 7) is 2.03. The minimum absolute atomic E-state index is 0.278. The fraction of sp³-hybridized carbons (Fsp3) is 0.241. The van der Waals surface area contributed by atoms with Gasteiger partial charge in [0.1, 0.15) is 5.75 Å². The van der Waals surface area contributed by atoms with E-state index >= 15 is 0 Å². The van der Waals surface area contributed by atoms with Gasteiger partial charge in [0, 0.05) is 18.0 Å². The number of likely N-dealkylation sites (tertiary alicyclic amines) is 1. The molecule has 5 aromatic rings. The van der Waals surface area contributed by atoms with E-state index in [1.807, 2.05) is 57.9 Å². The highest BCUT2D eigenvalue weighted by atomic mass is 16.5. The number of nitrogens with zero attached hydrogens (tertiary/aromatic N) is 6. The third-order valence-corrected chi connectivity index (χ3v) is 7.24. The molecule has 10 heteroatoms. The monoisotopic (exact) mass is 522 g/mol. The maximum absolute atomic E-state index is 11.2. The molecule has 6 rings (SSSR count). The van der Waals surface area contributed by atoms with Gasteiger partial charge in [-0.2, -0.15) is 5.10 Å². The maximum Gasteiger partial charge on any atom is 0.245 e. The molecule has 0 saturated carbocycles. The molecule has 0 bridgehead atoms. The number of hydrogen-bond donors (Lipinski definition) is 2. The second kappa shape index (κ2) is 10.6. The average molecular weight is 523 g/mol. The highest BCUT2D eigenvalue weighted by molar-refractivity contribution is 5.76. The van der Waals surface area contributed by atoms with Gasteiger partial charge in [-0.25, -0.2) is 14.2 Å². The predicted molar refractivity (Wildman–Crippen MR) is 149 cm³/mol. The minimum atomic E-state index is -0.278. The van der Waals surface area contributed by atoms with Crippen LogP contribution in [0.4, 0.5) is 11.6 Å². The number of para-hydroxylation sites is 1. The highest BCUT2D eigenvalue weighted by Crippen LogP contribution is 2.35. The molecule has 1 amide bonds. The van der Waals surface area contributed by atoms with Crippen molar-refractivity contribution < 1.29 is 9.53 Å². The molecule has 0 aliphatic carbocycles. The molecular formula is C29H30N8O2. The molecule has 0 spiro atoms. The van der Waals surface area contributed by atoms with Gasteiger partial charge in [-0.3, -0.25) is 9.69 Å². The summed E-state index contributed by atoms with van der Waals surface area (Å²) >= 11 is 0. The smallest absolute Gasteiger partial charge is 0.245 e. The number of piperidine rings is 1. The number of carbonyl (C=O) groups is 1. The van der Waals surface area contributed by atoms with Crippen LogP contribution in [-0.2, 0) is 4.79 Å². The van der Waals surface area contributed by atoms with Gasteiger partial charge in [0.15, 0.2) is 0 Å². The quantitative estimate of drug-likeness (QED) is 0.316. The average Bonchev–Trinajstić information content (AvgIpc) is 3.64. The third kappa shape index (κ3) is 5.06. The fourth-order valence-corrected chi connectivity index (χ4v) is 5.29. The van der Waals surface area contributed by atoms with Crippen molar-refractivity contribution in [2.75, 3.05) is 32.1 Å². The summed E-state index contributed by atoms with van der Waals surface area (Å²) in [5.74, 6) is 1.32. The first-order valence-electron chi connectivity index (χ1n) is 13.0. The van der Waals surface area contributed by atoms with E-state index in [-0.39, 0.29) is 5.91 Å². The summed E-state index contributed by atoms with van der Waals surface area (Å²) in [5.41, 5.74) is 11.2. The van der Waals surface area contributed by atoms with Crippen molar-refractivity contribution in [3.05, 3.63) is 84.8 Å². The van der Waals surface area contributed by atoms with E-state index in [0.717, 1.165) is 59.8 Å². The van der Waals surface area contributed by atoms with Crippen LogP contribution in [0.2, 0.25) is 0 Å². The van der Waals surface area contributed by atoms with Crippen LogP contribution in [0, 0.1) is 0 Å². The molecule has 0 unspecified atom stereocenters. The van der Waals surface area contributed by atoms with Crippen LogP contribution < -0.4 is 15.8 Å². The number of anilines is 2. The molecule has 1 fully saturated rings. The summed E-state index contributed by atoms with van der Waals surface area (Å²) in [7, 11) is 1.67. The molecule has 1 aliphatic heterocycles. The Bertz CT molecular complexity index is 1600. The van der Waals surface area contributed by atoms with Crippen LogP contribution in [0.1, 0.15) is 24.3 Å². The fourth-order valence-electron chi connectivity index (χ4n) is 5.29. The Labute approximate surface area is 226 Å². The first kappa shape index (κ1) is 24.6. The van der Waals surface area contributed by atoms with Crippen molar-refractivity contribution in [3.63, 3.8) is 0 Å². The summed E-state index contributed by atoms with van der Waals surface area (Å²) in [6, 6.07) is 20.3. The van der Waals surface area contributed by atoms with E-state index in [2.05, 4.69) is 38.5 Å². The van der Waals surface area contributed by atoms with E-state index < -0.39 is 0 Å². The van der Waals surface area contributed by atoms with Crippen molar-refractivity contribution in [2.45, 2.75) is 18.8 Å². The number of ether oxygens (including phenoxy) is 1. The second-order valence-corrected chi connectivity index (χ2v) is 9.71. The van der Waals surface area contributed by atoms with Crippen molar-refractivity contribution in [1.29, 1.82) is 0 Å². The van der Waals surface area contributed by atoms with Gasteiger partial charge in [-0.05, 0) is 73.8 Å². The van der Waals surface area contributed by atoms with E-state index in [0.29, 0.717) is 18.4 Å². The number of hydrogen-bond acceptors (Lipinski definition) is 7. The van der Waals surface area contributed by atoms with Gasteiger partial charge in [0.05, 0.1) is 42.4 Å². The molecule has 2 aromatic carbocycles. The van der Waals surface area contributed by atoms with Crippen molar-refractivity contribution >= 4 is 23.1 Å². The molecule has 4 heterocycles. The molecule has 198 valence electrons. The number of primary amides is 1. The molecule has 3 N–H and O–H groups in total. The lowest BCUT2D eigenvalue weighted by atomic mass is 9.89. The van der Waals surface area contributed by atoms with Gasteiger partial charge in [-0.15, -0.1) is 5.10 Å². The number of amides is 1. The number of fused-ring (bicyclic) bond motifs is 1. The summed E-state index contributed by atoms with van der Waals surface area (Å²) < 4.78 is 9.48. The molecule has 39 heavy (non-hydrogen) atoms. The Balaban J connectivity index is 1.25. The highest BCUT2D eigenvalue weighted by Gasteiger charge is 2.22. The number of aromatic nitrogens is 5. The van der Waals surface area contributed by atoms with Gasteiger partial charge < -0.3 is 15.8 Å². The lowest BCUT2D eigenvalue weighted by Gasteiger charge is -2.31. The zero-order chi connectivity index (χ0) is 26.8. The number of benzene rings is 2. The topological polar surface area (TPSA) is 116 Å². The van der Waals surface area contributed by atoms with E-state index in [1.54, 1.807) is 19.5 Å². The molecular weight excluding hydrogens is 492 g/mol. The Morgan fingerprint density at radius 2 is 1.95 bits per heavy atom. The first-order chi connectivity index (χ1) is 19.1. The van der Waals surface area contributed by atoms with Crippen molar-refractivity contribution in [2.24, 2.45) is 5.73 Å². The molecule has 0 radical (unpaired) electrons. The number of nitrogens with one attached hydrogen (secondary N) is 1. The van der Waals surface area contributed by atoms with Crippen molar-refractivity contribution in [1.82, 2.24) is 29.3 Å². The second-order valence-electron chi connectivity index (χ2n) is 9.71. The standard InChI is InChI=1S/C29H30N8O2/c1-39-27-17-21(20-11-15-35(16-12-20)19-28(30)38)7-9-24(27)33-29-31-18-22-8-10-26(37(22)34-29)23-5-2-3-6-25(23)36-14-4-13-32-36/h2-10,13-14,17-18,20H,11-12,15-16,19H2,1H3,(H2,30,38)(H,33,34). The van der Waals surface area contributed by atoms with E-state index in [4.69, 9.17) is 15.6 Å². The largest absolute Gasteiger partial charge is 0.495 e. The number of carbonyl (C=O) groups excluding carboxylic acids is 1. The van der Waals surface area contributed by atoms with Crippen LogP contribution in [0.5, 0.6) is 5.75 Å². The van der Waals surface area contributed by atoms with Crippen LogP contribution in [0.25, 0.3) is 22.5 Å². The van der Waals surface area contributed by atoms with Crippen LogP contribution in [-0.4, -0.2) is 61.9 Å². The van der Waals surface area contributed by atoms with Crippen LogP contribution in [0.3, 0.4) is 0 Å². The molecule has 1 saturated heterocycles. The Morgan fingerprint density at radius 3 is 2.72 bits per heavy atom. The number of methoxy groups -OCH3 is 1. The van der Waals surface area contributed by atoms with Gasteiger partial charge in [0.2, 0.25) is 11.9 Å². The Hall–Kier alpha value is -4.70. The predicted octanol–water partition coefficient (Wildman–Crippen LogP) is 4.00. The Kier molecular flexibility index (Phi) is 6.68. The molecule has 10 nitrogen and oxygen atoms in total. The first-order valence-corrected chi connectivity index (χ1v) is 13.0.